The molecule has 0 radical (unpaired) electrons. The Bertz CT molecular complexity index is 1420. The predicted molar refractivity (Wildman–Crippen MR) is 132 cm³/mol. The highest BCUT2D eigenvalue weighted by atomic mass is 35.5. The highest BCUT2D eigenvalue weighted by molar-refractivity contribution is 6.32. The molecule has 3 heterocycles. The summed E-state index contributed by atoms with van der Waals surface area (Å²) in [6, 6.07) is 11.2. The van der Waals surface area contributed by atoms with Crippen LogP contribution >= 0.6 is 11.6 Å². The monoisotopic (exact) mass is 511 g/mol. The number of carbonyl (C=O) groups excluding carboxylic acids is 2. The van der Waals surface area contributed by atoms with Crippen LogP contribution in [-0.4, -0.2) is 34.4 Å². The third kappa shape index (κ3) is 4.09. The number of anilines is 1. The van der Waals surface area contributed by atoms with Gasteiger partial charge in [0.05, 0.1) is 11.3 Å². The number of hydrogen-bond acceptors (Lipinski definition) is 5. The first-order valence-corrected chi connectivity index (χ1v) is 11.9. The number of nitrogens with zero attached hydrogens (tertiary/aromatic N) is 3. The van der Waals surface area contributed by atoms with Gasteiger partial charge in [0, 0.05) is 30.3 Å². The summed E-state index contributed by atoms with van der Waals surface area (Å²) in [7, 11) is 0. The summed E-state index contributed by atoms with van der Waals surface area (Å²) in [5.74, 6) is -1.87. The zero-order chi connectivity index (χ0) is 25.4. The van der Waals surface area contributed by atoms with E-state index in [2.05, 4.69) is 6.58 Å². The van der Waals surface area contributed by atoms with Gasteiger partial charge in [-0.2, -0.15) is 0 Å². The Morgan fingerprint density at radius 3 is 2.58 bits per heavy atom. The van der Waals surface area contributed by atoms with Crippen LogP contribution in [0, 0.1) is 5.82 Å². The van der Waals surface area contributed by atoms with Gasteiger partial charge in [0.2, 0.25) is 6.10 Å². The summed E-state index contributed by atoms with van der Waals surface area (Å²) in [5.41, 5.74) is 0.204. The van der Waals surface area contributed by atoms with Crippen molar-refractivity contribution in [1.82, 2.24) is 9.36 Å². The Balaban J connectivity index is 1.63. The summed E-state index contributed by atoms with van der Waals surface area (Å²) in [6.07, 6.45) is 1.99. The molecule has 0 spiro atoms. The first kappa shape index (κ1) is 23.9. The molecule has 0 bridgehead atoms. The molecule has 5 rings (SSSR count). The van der Waals surface area contributed by atoms with E-state index in [1.807, 2.05) is 0 Å². The van der Waals surface area contributed by atoms with Gasteiger partial charge >= 0.3 is 5.97 Å². The minimum Gasteiger partial charge on any atom is -0.473 e. The molecule has 0 saturated heterocycles. The van der Waals surface area contributed by atoms with Gasteiger partial charge in [-0.3, -0.25) is 24.0 Å². The Morgan fingerprint density at radius 1 is 1.17 bits per heavy atom. The van der Waals surface area contributed by atoms with Crippen molar-refractivity contribution in [2.45, 2.75) is 32.0 Å². The standard InChI is InChI=1S/C26H23ClFN3O5/c1-2-12-35-21(32)15-29-19-13-17(22-24(27)30-10-6-7-11-31(30)25(22)33)18(28)14-20(19)36-23(26(29)34)16-8-4-3-5-9-16/h2-5,8-9,13-14,23H,1,6-7,10-12,15H2. The average Bonchev–Trinajstić information content (AvgIpc) is 3.14. The molecule has 1 unspecified atom stereocenters. The number of rotatable bonds is 6. The lowest BCUT2D eigenvalue weighted by atomic mass is 10.0. The van der Waals surface area contributed by atoms with E-state index in [0.29, 0.717) is 18.7 Å². The minimum atomic E-state index is -1.09. The second-order valence-electron chi connectivity index (χ2n) is 8.53. The Morgan fingerprint density at radius 2 is 1.89 bits per heavy atom. The predicted octanol–water partition coefficient (Wildman–Crippen LogP) is 4.10. The van der Waals surface area contributed by atoms with E-state index in [-0.39, 0.29) is 34.3 Å². The molecule has 10 heteroatoms. The molecule has 1 amide bonds. The molecule has 186 valence electrons. The van der Waals surface area contributed by atoms with Crippen molar-refractivity contribution < 1.29 is 23.5 Å². The second-order valence-corrected chi connectivity index (χ2v) is 8.89. The highest BCUT2D eigenvalue weighted by Crippen LogP contribution is 2.43. The van der Waals surface area contributed by atoms with Crippen LogP contribution in [0.5, 0.6) is 5.75 Å². The van der Waals surface area contributed by atoms with Gasteiger partial charge in [0.25, 0.3) is 11.5 Å². The molecule has 1 aromatic heterocycles. The largest absolute Gasteiger partial charge is 0.473 e. The lowest BCUT2D eigenvalue weighted by molar-refractivity contribution is -0.142. The van der Waals surface area contributed by atoms with E-state index < -0.39 is 35.9 Å². The molecule has 2 aliphatic rings. The number of halogens is 2. The zero-order valence-corrected chi connectivity index (χ0v) is 20.0. The maximum Gasteiger partial charge on any atom is 0.326 e. The summed E-state index contributed by atoms with van der Waals surface area (Å²) in [6.45, 7) is 4.08. The van der Waals surface area contributed by atoms with Crippen LogP contribution in [0.25, 0.3) is 11.1 Å². The van der Waals surface area contributed by atoms with Crippen LogP contribution < -0.4 is 15.2 Å². The van der Waals surface area contributed by atoms with Crippen LogP contribution in [0.1, 0.15) is 24.5 Å². The molecular weight excluding hydrogens is 489 g/mol. The smallest absolute Gasteiger partial charge is 0.326 e. The SMILES string of the molecule is C=CCOC(=O)CN1C(=O)C(c2ccccc2)Oc2cc(F)c(-c3c(Cl)n4n(c3=O)CCCC4)cc21. The minimum absolute atomic E-state index is 0.00526. The molecule has 36 heavy (non-hydrogen) atoms. The number of carbonyl (C=O) groups is 2. The third-order valence-electron chi connectivity index (χ3n) is 6.26. The third-order valence-corrected chi connectivity index (χ3v) is 6.64. The Labute approximate surface area is 211 Å². The van der Waals surface area contributed by atoms with Gasteiger partial charge in [0.1, 0.15) is 29.9 Å². The number of ether oxygens (including phenoxy) is 2. The average molecular weight is 512 g/mol. The van der Waals surface area contributed by atoms with Gasteiger partial charge < -0.3 is 9.47 Å². The summed E-state index contributed by atoms with van der Waals surface area (Å²) in [5, 5.41) is 0.126. The topological polar surface area (TPSA) is 82.8 Å². The lowest BCUT2D eigenvalue weighted by Gasteiger charge is -2.34. The van der Waals surface area contributed by atoms with Gasteiger partial charge in [0.15, 0.2) is 0 Å². The van der Waals surface area contributed by atoms with E-state index in [0.717, 1.165) is 18.9 Å². The fraction of sp³-hybridized carbons (Fsp3) is 0.269. The van der Waals surface area contributed by atoms with Crippen molar-refractivity contribution >= 4 is 29.2 Å². The number of hydrogen-bond donors (Lipinski definition) is 0. The van der Waals surface area contributed by atoms with Gasteiger partial charge in [-0.1, -0.05) is 54.6 Å². The van der Waals surface area contributed by atoms with Crippen LogP contribution in [0.4, 0.5) is 10.1 Å². The molecule has 1 atom stereocenters. The molecule has 8 nitrogen and oxygen atoms in total. The van der Waals surface area contributed by atoms with E-state index in [4.69, 9.17) is 21.1 Å². The number of fused-ring (bicyclic) bond motifs is 2. The van der Waals surface area contributed by atoms with E-state index >= 15 is 4.39 Å². The number of benzene rings is 2. The first-order valence-electron chi connectivity index (χ1n) is 11.5. The summed E-state index contributed by atoms with van der Waals surface area (Å²) in [4.78, 5) is 40.3. The van der Waals surface area contributed by atoms with Gasteiger partial charge in [-0.15, -0.1) is 0 Å². The number of aromatic nitrogens is 2. The first-order chi connectivity index (χ1) is 17.4. The van der Waals surface area contributed by atoms with Crippen molar-refractivity contribution in [3.63, 3.8) is 0 Å². The molecular formula is C26H23ClFN3O5. The molecule has 0 fully saturated rings. The van der Waals surface area contributed by atoms with Crippen LogP contribution in [0.15, 0.2) is 59.9 Å². The van der Waals surface area contributed by atoms with Crippen molar-refractivity contribution in [2.75, 3.05) is 18.1 Å². The highest BCUT2D eigenvalue weighted by Gasteiger charge is 2.38. The Hall–Kier alpha value is -3.85. The van der Waals surface area contributed by atoms with E-state index in [1.54, 1.807) is 35.0 Å². The molecule has 0 saturated carbocycles. The van der Waals surface area contributed by atoms with Crippen LogP contribution in [0.3, 0.4) is 0 Å². The molecule has 0 N–H and O–H groups in total. The maximum atomic E-state index is 15.5. The van der Waals surface area contributed by atoms with Crippen LogP contribution in [0.2, 0.25) is 5.15 Å². The molecule has 3 aromatic rings. The van der Waals surface area contributed by atoms with E-state index in [1.165, 1.54) is 21.7 Å². The molecule has 0 aliphatic carbocycles. The summed E-state index contributed by atoms with van der Waals surface area (Å²) < 4.78 is 29.6. The van der Waals surface area contributed by atoms with Crippen LogP contribution in [-0.2, 0) is 27.4 Å². The number of esters is 1. The lowest BCUT2D eigenvalue weighted by Crippen LogP contribution is -2.44. The molecule has 2 aromatic carbocycles. The number of amides is 1. The fourth-order valence-electron chi connectivity index (χ4n) is 4.56. The van der Waals surface area contributed by atoms with Crippen molar-refractivity contribution in [3.05, 3.63) is 82.0 Å². The molecule has 2 aliphatic heterocycles. The van der Waals surface area contributed by atoms with Gasteiger partial charge in [-0.25, -0.2) is 9.07 Å². The quantitative estimate of drug-likeness (QED) is 0.367. The van der Waals surface area contributed by atoms with E-state index in [9.17, 15) is 14.4 Å². The van der Waals surface area contributed by atoms with Crippen molar-refractivity contribution in [1.29, 1.82) is 0 Å². The fourth-order valence-corrected chi connectivity index (χ4v) is 4.92. The Kier molecular flexibility index (Phi) is 6.40. The van der Waals surface area contributed by atoms with Gasteiger partial charge in [-0.05, 0) is 18.9 Å². The van der Waals surface area contributed by atoms with Crippen molar-refractivity contribution in [2.24, 2.45) is 0 Å². The second kappa shape index (κ2) is 9.66. The summed E-state index contributed by atoms with van der Waals surface area (Å²) >= 11 is 6.53. The normalized spacial score (nSPS) is 16.7. The van der Waals surface area contributed by atoms with Crippen molar-refractivity contribution in [3.8, 4) is 16.9 Å². The zero-order valence-electron chi connectivity index (χ0n) is 19.3. The maximum absolute atomic E-state index is 15.5.